The van der Waals surface area contributed by atoms with Crippen LogP contribution in [-0.4, -0.2) is 74.6 Å². The molecule has 0 spiro atoms. The second-order valence-electron chi connectivity index (χ2n) is 6.65. The first-order valence-electron chi connectivity index (χ1n) is 9.15. The smallest absolute Gasteiger partial charge is 0.288 e. The van der Waals surface area contributed by atoms with Crippen molar-refractivity contribution in [2.75, 3.05) is 46.7 Å². The Kier molecular flexibility index (Phi) is 8.13. The lowest BCUT2D eigenvalue weighted by Crippen LogP contribution is -3.14. The van der Waals surface area contributed by atoms with E-state index in [0.29, 0.717) is 11.5 Å². The van der Waals surface area contributed by atoms with E-state index in [0.717, 1.165) is 35.2 Å². The molecule has 1 aromatic rings. The standard InChI is InChI=1S/C19H27N3O5S/c1-13(18(24)20-8-10-22-17(23)12-28-19(22)25)21(2)9-7-14-5-6-15(26-3)16(11-14)27-4/h5-6,11,13H,7-10,12H2,1-4H3,(H,20,24)/p+1/t13-/m0/s1. The van der Waals surface area contributed by atoms with Crippen molar-refractivity contribution in [2.45, 2.75) is 19.4 Å². The van der Waals surface area contributed by atoms with Gasteiger partial charge < -0.3 is 19.7 Å². The third-order valence-electron chi connectivity index (χ3n) is 4.86. The Morgan fingerprint density at radius 1 is 1.29 bits per heavy atom. The lowest BCUT2D eigenvalue weighted by molar-refractivity contribution is -0.894. The quantitative estimate of drug-likeness (QED) is 0.563. The average Bonchev–Trinajstić information content (AvgIpc) is 3.02. The van der Waals surface area contributed by atoms with Gasteiger partial charge in [0.25, 0.3) is 11.1 Å². The van der Waals surface area contributed by atoms with Crippen molar-refractivity contribution >= 4 is 28.8 Å². The van der Waals surface area contributed by atoms with Crippen LogP contribution in [0.15, 0.2) is 18.2 Å². The summed E-state index contributed by atoms with van der Waals surface area (Å²) in [5.41, 5.74) is 1.10. The van der Waals surface area contributed by atoms with Crippen molar-refractivity contribution in [3.63, 3.8) is 0 Å². The van der Waals surface area contributed by atoms with E-state index < -0.39 is 0 Å². The van der Waals surface area contributed by atoms with Crippen LogP contribution in [0.2, 0.25) is 0 Å². The molecule has 3 amide bonds. The number of imide groups is 1. The molecule has 1 aliphatic heterocycles. The van der Waals surface area contributed by atoms with E-state index in [1.165, 1.54) is 4.90 Å². The Hall–Kier alpha value is -2.26. The molecule has 1 aromatic carbocycles. The van der Waals surface area contributed by atoms with Crippen LogP contribution in [0.4, 0.5) is 4.79 Å². The molecule has 154 valence electrons. The van der Waals surface area contributed by atoms with Crippen LogP contribution in [-0.2, 0) is 16.0 Å². The maximum Gasteiger partial charge on any atom is 0.288 e. The largest absolute Gasteiger partial charge is 0.493 e. The zero-order valence-electron chi connectivity index (χ0n) is 16.7. The highest BCUT2D eigenvalue weighted by atomic mass is 32.2. The van der Waals surface area contributed by atoms with Gasteiger partial charge in [-0.05, 0) is 24.6 Å². The topological polar surface area (TPSA) is 89.4 Å². The van der Waals surface area contributed by atoms with Crippen molar-refractivity contribution in [1.29, 1.82) is 0 Å². The van der Waals surface area contributed by atoms with Gasteiger partial charge in [0.15, 0.2) is 17.5 Å². The minimum absolute atomic E-state index is 0.100. The minimum atomic E-state index is -0.250. The molecule has 0 radical (unpaired) electrons. The number of methoxy groups -OCH3 is 2. The second kappa shape index (κ2) is 10.3. The lowest BCUT2D eigenvalue weighted by Gasteiger charge is -2.22. The number of carbonyl (C=O) groups is 3. The summed E-state index contributed by atoms with van der Waals surface area (Å²) in [4.78, 5) is 37.7. The molecule has 2 atom stereocenters. The molecule has 0 aromatic heterocycles. The summed E-state index contributed by atoms with van der Waals surface area (Å²) in [6, 6.07) is 5.55. The van der Waals surface area contributed by atoms with Gasteiger partial charge in [0.1, 0.15) is 0 Å². The molecule has 2 rings (SSSR count). The number of nitrogens with zero attached hydrogens (tertiary/aromatic N) is 1. The normalized spacial score (nSPS) is 16.1. The van der Waals surface area contributed by atoms with Crippen LogP contribution in [0.1, 0.15) is 12.5 Å². The molecular weight excluding hydrogens is 382 g/mol. The molecule has 0 aliphatic carbocycles. The number of thioether (sulfide) groups is 1. The van der Waals surface area contributed by atoms with Crippen LogP contribution in [0.5, 0.6) is 11.5 Å². The first kappa shape index (κ1) is 22.0. The fraction of sp³-hybridized carbons (Fsp3) is 0.526. The molecule has 28 heavy (non-hydrogen) atoms. The van der Waals surface area contributed by atoms with Gasteiger partial charge in [-0.15, -0.1) is 0 Å². The molecule has 1 fully saturated rings. The molecule has 9 heteroatoms. The van der Waals surface area contributed by atoms with Crippen LogP contribution < -0.4 is 19.7 Å². The van der Waals surface area contributed by atoms with E-state index in [9.17, 15) is 14.4 Å². The van der Waals surface area contributed by atoms with Crippen molar-refractivity contribution in [2.24, 2.45) is 0 Å². The predicted octanol–water partition coefficient (Wildman–Crippen LogP) is -0.0389. The number of nitrogens with one attached hydrogen (secondary N) is 2. The van der Waals surface area contributed by atoms with E-state index in [-0.39, 0.29) is 41.9 Å². The fourth-order valence-electron chi connectivity index (χ4n) is 2.86. The molecular formula is C19H28N3O5S+. The molecule has 0 bridgehead atoms. The first-order valence-corrected chi connectivity index (χ1v) is 10.1. The number of carbonyl (C=O) groups excluding carboxylic acids is 3. The van der Waals surface area contributed by atoms with Crippen LogP contribution in [0, 0.1) is 0 Å². The Bertz CT molecular complexity index is 712. The highest BCUT2D eigenvalue weighted by molar-refractivity contribution is 8.14. The van der Waals surface area contributed by atoms with E-state index in [4.69, 9.17) is 9.47 Å². The van der Waals surface area contributed by atoms with E-state index >= 15 is 0 Å². The minimum Gasteiger partial charge on any atom is -0.493 e. The van der Waals surface area contributed by atoms with Crippen molar-refractivity contribution in [1.82, 2.24) is 10.2 Å². The van der Waals surface area contributed by atoms with Gasteiger partial charge in [0.2, 0.25) is 5.91 Å². The SMILES string of the molecule is COc1ccc(CC[NH+](C)[C@@H](C)C(=O)NCCN2C(=O)CSC2=O)cc1OC. The Morgan fingerprint density at radius 3 is 2.61 bits per heavy atom. The number of likely N-dealkylation sites (N-methyl/N-ethyl adjacent to an activating group) is 1. The van der Waals surface area contributed by atoms with E-state index in [1.807, 2.05) is 32.2 Å². The van der Waals surface area contributed by atoms with Gasteiger partial charge in [-0.3, -0.25) is 19.3 Å². The van der Waals surface area contributed by atoms with Gasteiger partial charge in [-0.1, -0.05) is 17.8 Å². The average molecular weight is 411 g/mol. The van der Waals surface area contributed by atoms with Crippen LogP contribution >= 0.6 is 11.8 Å². The Balaban J connectivity index is 1.78. The summed E-state index contributed by atoms with van der Waals surface area (Å²) < 4.78 is 10.6. The molecule has 0 saturated carbocycles. The van der Waals surface area contributed by atoms with Crippen molar-refractivity contribution in [3.8, 4) is 11.5 Å². The zero-order chi connectivity index (χ0) is 20.7. The van der Waals surface area contributed by atoms with Gasteiger partial charge in [-0.2, -0.15) is 0 Å². The summed E-state index contributed by atoms with van der Waals surface area (Å²) in [5, 5.41) is 2.57. The van der Waals surface area contributed by atoms with Crippen LogP contribution in [0.25, 0.3) is 0 Å². The third-order valence-corrected chi connectivity index (χ3v) is 5.72. The van der Waals surface area contributed by atoms with Crippen LogP contribution in [0.3, 0.4) is 0 Å². The second-order valence-corrected chi connectivity index (χ2v) is 7.57. The summed E-state index contributed by atoms with van der Waals surface area (Å²) in [6.07, 6.45) is 0.789. The molecule has 1 unspecified atom stereocenters. The zero-order valence-corrected chi connectivity index (χ0v) is 17.6. The maximum atomic E-state index is 12.4. The van der Waals surface area contributed by atoms with Gasteiger partial charge in [0.05, 0.1) is 33.6 Å². The Labute approximate surface area is 169 Å². The first-order chi connectivity index (χ1) is 13.4. The summed E-state index contributed by atoms with van der Waals surface area (Å²) in [5.74, 6) is 1.26. The van der Waals surface area contributed by atoms with E-state index in [2.05, 4.69) is 5.32 Å². The van der Waals surface area contributed by atoms with Gasteiger partial charge >= 0.3 is 0 Å². The number of rotatable bonds is 10. The van der Waals surface area contributed by atoms with Gasteiger partial charge in [-0.25, -0.2) is 0 Å². The van der Waals surface area contributed by atoms with Crippen molar-refractivity contribution < 1.29 is 28.8 Å². The number of quaternary nitrogens is 1. The van der Waals surface area contributed by atoms with Crippen molar-refractivity contribution in [3.05, 3.63) is 23.8 Å². The molecule has 8 nitrogen and oxygen atoms in total. The van der Waals surface area contributed by atoms with Gasteiger partial charge in [0, 0.05) is 19.5 Å². The fourth-order valence-corrected chi connectivity index (χ4v) is 3.61. The highest BCUT2D eigenvalue weighted by Gasteiger charge is 2.29. The number of ether oxygens (including phenoxy) is 2. The molecule has 1 heterocycles. The highest BCUT2D eigenvalue weighted by Crippen LogP contribution is 2.27. The summed E-state index contributed by atoms with van der Waals surface area (Å²) in [7, 11) is 5.17. The Morgan fingerprint density at radius 2 is 2.00 bits per heavy atom. The third kappa shape index (κ3) is 5.62. The monoisotopic (exact) mass is 410 g/mol. The number of benzene rings is 1. The predicted molar refractivity (Wildman–Crippen MR) is 107 cm³/mol. The summed E-state index contributed by atoms with van der Waals surface area (Å²) >= 11 is 0.997. The number of hydrogen-bond acceptors (Lipinski definition) is 6. The molecule has 1 saturated heterocycles. The summed E-state index contributed by atoms with van der Waals surface area (Å²) in [6.45, 7) is 3.11. The maximum absolute atomic E-state index is 12.4. The molecule has 2 N–H and O–H groups in total. The lowest BCUT2D eigenvalue weighted by atomic mass is 10.1. The molecule has 1 aliphatic rings. The van der Waals surface area contributed by atoms with E-state index in [1.54, 1.807) is 14.2 Å². The number of amides is 3. The number of hydrogen-bond donors (Lipinski definition) is 2.